The van der Waals surface area contributed by atoms with E-state index in [1.165, 1.54) is 127 Å². The van der Waals surface area contributed by atoms with Crippen molar-refractivity contribution < 1.29 is 5.11 Å². The summed E-state index contributed by atoms with van der Waals surface area (Å²) in [6.07, 6.45) is 22.5. The lowest BCUT2D eigenvalue weighted by molar-refractivity contribution is 0.268. The number of phenolic OH excluding ortho intramolecular Hbond substituents is 1. The highest BCUT2D eigenvalue weighted by Crippen LogP contribution is 2.51. The predicted molar refractivity (Wildman–Crippen MR) is 149 cm³/mol. The molecule has 0 aliphatic rings. The Hall–Kier alpha value is -0.980. The molecule has 0 bridgehead atoms. The molecule has 0 spiro atoms. The summed E-state index contributed by atoms with van der Waals surface area (Å²) in [4.78, 5) is 0. The molecule has 0 aromatic heterocycles. The molecule has 0 aliphatic carbocycles. The topological polar surface area (TPSA) is 20.2 Å². The van der Waals surface area contributed by atoms with Gasteiger partial charge in [0.1, 0.15) is 5.75 Å². The first-order chi connectivity index (χ1) is 16.0. The number of unbranched alkanes of at least 4 members (excludes halogenated alkanes) is 6. The molecule has 1 nitrogen and oxygen atoms in total. The Balaban J connectivity index is 3.80. The fourth-order valence-electron chi connectivity index (χ4n) is 6.16. The maximum Gasteiger partial charge on any atom is 0.119 e. The summed E-state index contributed by atoms with van der Waals surface area (Å²) >= 11 is 0. The minimum atomic E-state index is 0.124. The Morgan fingerprint density at radius 2 is 0.848 bits per heavy atom. The van der Waals surface area contributed by atoms with Crippen LogP contribution in [0.3, 0.4) is 0 Å². The summed E-state index contributed by atoms with van der Waals surface area (Å²) in [6, 6.07) is 6.59. The monoisotopic (exact) mass is 458 g/mol. The van der Waals surface area contributed by atoms with Crippen molar-refractivity contribution in [2.75, 3.05) is 0 Å². The minimum absolute atomic E-state index is 0.124. The SMILES string of the molecule is CCCCC(CCCC)(CCCC)c1cccc(O)c1C(CCCC)(CCCC)CCCC. The second kappa shape index (κ2) is 16.6. The highest BCUT2D eigenvalue weighted by molar-refractivity contribution is 5.49. The lowest BCUT2D eigenvalue weighted by Gasteiger charge is -2.43. The molecule has 1 aromatic carbocycles. The zero-order chi connectivity index (χ0) is 24.6. The van der Waals surface area contributed by atoms with Crippen LogP contribution in [-0.2, 0) is 10.8 Å². The Morgan fingerprint density at radius 1 is 0.515 bits per heavy atom. The lowest BCUT2D eigenvalue weighted by Crippen LogP contribution is -2.35. The standard InChI is InChI=1S/C32H58O/c1-7-13-22-31(23-14-8-2,24-15-9-3)28-20-19-21-29(33)30(28)32(25-16-10-4,26-17-11-5)27-18-12-6/h19-21,33H,7-18,22-27H2,1-6H3. The van der Waals surface area contributed by atoms with Crippen molar-refractivity contribution in [3.8, 4) is 5.75 Å². The second-order valence-electron chi connectivity index (χ2n) is 10.9. The first-order valence-corrected chi connectivity index (χ1v) is 14.8. The molecule has 0 radical (unpaired) electrons. The van der Waals surface area contributed by atoms with Gasteiger partial charge in [0, 0.05) is 5.56 Å². The van der Waals surface area contributed by atoms with E-state index in [-0.39, 0.29) is 10.8 Å². The van der Waals surface area contributed by atoms with Crippen LogP contribution in [0.4, 0.5) is 0 Å². The van der Waals surface area contributed by atoms with Crippen molar-refractivity contribution in [1.29, 1.82) is 0 Å². The van der Waals surface area contributed by atoms with Crippen LogP contribution < -0.4 is 0 Å². The van der Waals surface area contributed by atoms with Crippen molar-refractivity contribution in [1.82, 2.24) is 0 Å². The highest BCUT2D eigenvalue weighted by atomic mass is 16.3. The molecule has 0 heterocycles. The molecule has 192 valence electrons. The van der Waals surface area contributed by atoms with Crippen molar-refractivity contribution in [2.45, 2.75) is 168 Å². The summed E-state index contributed by atoms with van der Waals surface area (Å²) in [5, 5.41) is 11.6. The number of phenols is 1. The first-order valence-electron chi connectivity index (χ1n) is 14.8. The molecule has 0 atom stereocenters. The molecule has 0 amide bonds. The molecule has 0 fully saturated rings. The van der Waals surface area contributed by atoms with E-state index in [1.807, 2.05) is 6.07 Å². The number of rotatable bonds is 20. The Morgan fingerprint density at radius 3 is 1.18 bits per heavy atom. The van der Waals surface area contributed by atoms with Gasteiger partial charge in [-0.05, 0) is 61.0 Å². The Labute approximate surface area is 208 Å². The first kappa shape index (κ1) is 30.1. The summed E-state index contributed by atoms with van der Waals surface area (Å²) in [6.45, 7) is 14.0. The molecular formula is C32H58O. The van der Waals surface area contributed by atoms with E-state index in [2.05, 4.69) is 53.7 Å². The Bertz CT molecular complexity index is 573. The van der Waals surface area contributed by atoms with Crippen LogP contribution in [0.15, 0.2) is 18.2 Å². The largest absolute Gasteiger partial charge is 0.508 e. The summed E-state index contributed by atoms with van der Waals surface area (Å²) in [5.41, 5.74) is 3.23. The molecular weight excluding hydrogens is 400 g/mol. The molecule has 1 N–H and O–H groups in total. The molecule has 0 aliphatic heterocycles. The van der Waals surface area contributed by atoms with Crippen LogP contribution in [0.1, 0.15) is 168 Å². The van der Waals surface area contributed by atoms with Gasteiger partial charge in [0.05, 0.1) is 0 Å². The molecule has 1 rings (SSSR count). The van der Waals surface area contributed by atoms with E-state index in [9.17, 15) is 5.11 Å². The zero-order valence-electron chi connectivity index (χ0n) is 23.4. The third-order valence-electron chi connectivity index (χ3n) is 8.20. The van der Waals surface area contributed by atoms with Gasteiger partial charge in [-0.25, -0.2) is 0 Å². The number of hydrogen-bond donors (Lipinski definition) is 1. The van der Waals surface area contributed by atoms with Crippen molar-refractivity contribution >= 4 is 0 Å². The zero-order valence-corrected chi connectivity index (χ0v) is 23.4. The second-order valence-corrected chi connectivity index (χ2v) is 10.9. The van der Waals surface area contributed by atoms with Gasteiger partial charge in [-0.1, -0.05) is 131 Å². The van der Waals surface area contributed by atoms with Gasteiger partial charge >= 0.3 is 0 Å². The highest BCUT2D eigenvalue weighted by Gasteiger charge is 2.41. The quantitative estimate of drug-likeness (QED) is 0.206. The van der Waals surface area contributed by atoms with E-state index in [0.717, 1.165) is 0 Å². The van der Waals surface area contributed by atoms with Gasteiger partial charge in [-0.2, -0.15) is 0 Å². The van der Waals surface area contributed by atoms with Crippen LogP contribution in [0.25, 0.3) is 0 Å². The van der Waals surface area contributed by atoms with E-state index < -0.39 is 0 Å². The van der Waals surface area contributed by atoms with Crippen LogP contribution in [-0.4, -0.2) is 5.11 Å². The van der Waals surface area contributed by atoms with Gasteiger partial charge in [-0.15, -0.1) is 0 Å². The predicted octanol–water partition coefficient (Wildman–Crippen LogP) is 11.0. The normalized spacial score (nSPS) is 12.4. The number of aromatic hydroxyl groups is 1. The van der Waals surface area contributed by atoms with Crippen LogP contribution in [0.2, 0.25) is 0 Å². The maximum atomic E-state index is 11.6. The van der Waals surface area contributed by atoms with Crippen molar-refractivity contribution in [2.24, 2.45) is 0 Å². The fourth-order valence-corrected chi connectivity index (χ4v) is 6.16. The van der Waals surface area contributed by atoms with Gasteiger partial charge in [0.2, 0.25) is 0 Å². The van der Waals surface area contributed by atoms with E-state index in [1.54, 1.807) is 0 Å². The average Bonchev–Trinajstić information content (AvgIpc) is 2.84. The Kier molecular flexibility index (Phi) is 15.1. The van der Waals surface area contributed by atoms with E-state index in [4.69, 9.17) is 0 Å². The third kappa shape index (κ3) is 8.63. The summed E-state index contributed by atoms with van der Waals surface area (Å²) < 4.78 is 0. The molecule has 33 heavy (non-hydrogen) atoms. The molecule has 0 saturated carbocycles. The van der Waals surface area contributed by atoms with E-state index in [0.29, 0.717) is 5.75 Å². The number of benzene rings is 1. The van der Waals surface area contributed by atoms with Gasteiger partial charge in [-0.3, -0.25) is 0 Å². The molecule has 1 heteroatoms. The third-order valence-corrected chi connectivity index (χ3v) is 8.20. The summed E-state index contributed by atoms with van der Waals surface area (Å²) in [5.74, 6) is 0.588. The smallest absolute Gasteiger partial charge is 0.119 e. The van der Waals surface area contributed by atoms with Crippen LogP contribution >= 0.6 is 0 Å². The van der Waals surface area contributed by atoms with Crippen LogP contribution in [0.5, 0.6) is 5.75 Å². The molecule has 0 saturated heterocycles. The molecule has 1 aromatic rings. The average molecular weight is 459 g/mol. The lowest BCUT2D eigenvalue weighted by atomic mass is 9.61. The van der Waals surface area contributed by atoms with Crippen molar-refractivity contribution in [3.63, 3.8) is 0 Å². The van der Waals surface area contributed by atoms with Gasteiger partial charge < -0.3 is 5.11 Å². The molecule has 0 unspecified atom stereocenters. The van der Waals surface area contributed by atoms with Crippen molar-refractivity contribution in [3.05, 3.63) is 29.3 Å². The van der Waals surface area contributed by atoms with E-state index >= 15 is 0 Å². The van der Waals surface area contributed by atoms with Gasteiger partial charge in [0.25, 0.3) is 0 Å². The van der Waals surface area contributed by atoms with Crippen LogP contribution in [0, 0.1) is 0 Å². The number of hydrogen-bond acceptors (Lipinski definition) is 1. The summed E-state index contributed by atoms with van der Waals surface area (Å²) in [7, 11) is 0. The van der Waals surface area contributed by atoms with Gasteiger partial charge in [0.15, 0.2) is 0 Å². The fraction of sp³-hybridized carbons (Fsp3) is 0.812. The minimum Gasteiger partial charge on any atom is -0.508 e. The maximum absolute atomic E-state index is 11.6.